The van der Waals surface area contributed by atoms with Crippen LogP contribution in [0.4, 0.5) is 0 Å². The number of hydrogen-bond donors (Lipinski definition) is 1. The molecule has 0 aromatic carbocycles. The maximum Gasteiger partial charge on any atom is 0.201 e. The van der Waals surface area contributed by atoms with Gasteiger partial charge in [0.2, 0.25) is 5.78 Å². The van der Waals surface area contributed by atoms with Crippen LogP contribution in [0.2, 0.25) is 0 Å². The molecule has 17 heavy (non-hydrogen) atoms. The molecule has 0 radical (unpaired) electrons. The molecular weight excluding hydrogens is 286 g/mol. The summed E-state index contributed by atoms with van der Waals surface area (Å²) in [5.41, 5.74) is 0. The van der Waals surface area contributed by atoms with Crippen molar-refractivity contribution >= 4 is 21.7 Å². The quantitative estimate of drug-likeness (QED) is 0.849. The van der Waals surface area contributed by atoms with Gasteiger partial charge in [-0.05, 0) is 47.9 Å². The molecule has 1 saturated heterocycles. The topological polar surface area (TPSA) is 51.5 Å². The van der Waals surface area contributed by atoms with Crippen molar-refractivity contribution in [1.82, 2.24) is 5.32 Å². The summed E-state index contributed by atoms with van der Waals surface area (Å²) in [5.74, 6) is 0.370. The second-order valence-electron chi connectivity index (χ2n) is 4.09. The number of ketones is 1. The van der Waals surface area contributed by atoms with Crippen LogP contribution in [0, 0.1) is 0 Å². The number of hydrogen-bond acceptors (Lipinski definition) is 4. The van der Waals surface area contributed by atoms with Crippen LogP contribution in [0.3, 0.4) is 0 Å². The van der Waals surface area contributed by atoms with Crippen molar-refractivity contribution < 1.29 is 13.9 Å². The predicted molar refractivity (Wildman–Crippen MR) is 67.2 cm³/mol. The zero-order chi connectivity index (χ0) is 12.1. The molecule has 94 valence electrons. The van der Waals surface area contributed by atoms with Crippen molar-refractivity contribution in [2.45, 2.75) is 25.4 Å². The average Bonchev–Trinajstić information content (AvgIpc) is 2.77. The van der Waals surface area contributed by atoms with Gasteiger partial charge in [-0.3, -0.25) is 4.79 Å². The van der Waals surface area contributed by atoms with Gasteiger partial charge in [0.1, 0.15) is 0 Å². The number of nitrogens with one attached hydrogen (secondary N) is 1. The van der Waals surface area contributed by atoms with Gasteiger partial charge < -0.3 is 14.5 Å². The molecule has 0 bridgehead atoms. The van der Waals surface area contributed by atoms with Crippen LogP contribution < -0.4 is 5.32 Å². The number of rotatable bonds is 5. The molecule has 1 aromatic heterocycles. The van der Waals surface area contributed by atoms with Crippen LogP contribution >= 0.6 is 15.9 Å². The summed E-state index contributed by atoms with van der Waals surface area (Å²) in [5, 5.41) is 3.28. The molecule has 5 heteroatoms. The smallest absolute Gasteiger partial charge is 0.201 e. The molecule has 0 atom stereocenters. The summed E-state index contributed by atoms with van der Waals surface area (Å²) in [4.78, 5) is 11.8. The molecule has 0 spiro atoms. The van der Waals surface area contributed by atoms with Crippen LogP contribution in [0.15, 0.2) is 21.2 Å². The average molecular weight is 302 g/mol. The van der Waals surface area contributed by atoms with Gasteiger partial charge in [0.05, 0.1) is 23.4 Å². The Hall–Kier alpha value is -0.650. The highest BCUT2D eigenvalue weighted by atomic mass is 79.9. The van der Waals surface area contributed by atoms with E-state index in [4.69, 9.17) is 9.15 Å². The normalized spacial score (nSPS) is 17.2. The SMILES string of the molecule is O=C(CCOC1CCNCC1)c1occc1Br. The number of Topliss-reactive ketones (excluding diaryl/α,β-unsaturated/α-hetero) is 1. The molecule has 1 aliphatic rings. The summed E-state index contributed by atoms with van der Waals surface area (Å²) < 4.78 is 11.5. The van der Waals surface area contributed by atoms with Gasteiger partial charge in [-0.1, -0.05) is 0 Å². The fraction of sp³-hybridized carbons (Fsp3) is 0.583. The first kappa shape index (κ1) is 12.8. The van der Waals surface area contributed by atoms with E-state index >= 15 is 0 Å². The third-order valence-electron chi connectivity index (χ3n) is 2.84. The number of piperidine rings is 1. The van der Waals surface area contributed by atoms with E-state index in [0.717, 1.165) is 25.9 Å². The van der Waals surface area contributed by atoms with Crippen LogP contribution in [0.25, 0.3) is 0 Å². The lowest BCUT2D eigenvalue weighted by Crippen LogP contribution is -2.32. The Morgan fingerprint density at radius 2 is 2.29 bits per heavy atom. The molecular formula is C12H16BrNO3. The maximum absolute atomic E-state index is 11.8. The lowest BCUT2D eigenvalue weighted by Gasteiger charge is -2.22. The molecule has 4 nitrogen and oxygen atoms in total. The molecule has 0 amide bonds. The van der Waals surface area contributed by atoms with Crippen LogP contribution in [0.1, 0.15) is 29.8 Å². The molecule has 1 aliphatic heterocycles. The fourth-order valence-corrected chi connectivity index (χ4v) is 2.31. The Bertz CT molecular complexity index is 372. The summed E-state index contributed by atoms with van der Waals surface area (Å²) in [6.45, 7) is 2.47. The van der Waals surface area contributed by atoms with Crippen LogP contribution in [0.5, 0.6) is 0 Å². The van der Waals surface area contributed by atoms with E-state index in [-0.39, 0.29) is 5.78 Å². The Morgan fingerprint density at radius 1 is 1.53 bits per heavy atom. The van der Waals surface area contributed by atoms with Gasteiger partial charge in [-0.15, -0.1) is 0 Å². The molecule has 1 N–H and O–H groups in total. The van der Waals surface area contributed by atoms with Crippen molar-refractivity contribution in [3.63, 3.8) is 0 Å². The summed E-state index contributed by atoms with van der Waals surface area (Å²) in [6.07, 6.45) is 4.22. The van der Waals surface area contributed by atoms with E-state index in [2.05, 4.69) is 21.2 Å². The van der Waals surface area contributed by atoms with E-state index in [1.165, 1.54) is 6.26 Å². The first-order chi connectivity index (χ1) is 8.27. The van der Waals surface area contributed by atoms with E-state index in [0.29, 0.717) is 29.4 Å². The Balaban J connectivity index is 1.71. The minimum Gasteiger partial charge on any atom is -0.460 e. The first-order valence-electron chi connectivity index (χ1n) is 5.86. The van der Waals surface area contributed by atoms with Gasteiger partial charge in [0, 0.05) is 6.42 Å². The number of carbonyl (C=O) groups excluding carboxylic acids is 1. The van der Waals surface area contributed by atoms with E-state index in [1.807, 2.05) is 0 Å². The van der Waals surface area contributed by atoms with Crippen LogP contribution in [-0.4, -0.2) is 31.6 Å². The van der Waals surface area contributed by atoms with Crippen molar-refractivity contribution in [1.29, 1.82) is 0 Å². The second-order valence-corrected chi connectivity index (χ2v) is 4.95. The van der Waals surface area contributed by atoms with Gasteiger partial charge in [-0.2, -0.15) is 0 Å². The van der Waals surface area contributed by atoms with Gasteiger partial charge in [-0.25, -0.2) is 0 Å². The zero-order valence-electron chi connectivity index (χ0n) is 9.58. The van der Waals surface area contributed by atoms with E-state index in [9.17, 15) is 4.79 Å². The number of carbonyl (C=O) groups is 1. The monoisotopic (exact) mass is 301 g/mol. The van der Waals surface area contributed by atoms with Crippen molar-refractivity contribution in [2.75, 3.05) is 19.7 Å². The molecule has 2 rings (SSSR count). The predicted octanol–water partition coefficient (Wildman–Crippen LogP) is 2.38. The first-order valence-corrected chi connectivity index (χ1v) is 6.65. The van der Waals surface area contributed by atoms with Gasteiger partial charge in [0.15, 0.2) is 5.76 Å². The number of halogens is 1. The molecule has 2 heterocycles. The molecule has 0 unspecified atom stereocenters. The van der Waals surface area contributed by atoms with Crippen molar-refractivity contribution in [2.24, 2.45) is 0 Å². The van der Waals surface area contributed by atoms with Crippen LogP contribution in [-0.2, 0) is 4.74 Å². The molecule has 1 fully saturated rings. The molecule has 1 aromatic rings. The Morgan fingerprint density at radius 3 is 2.94 bits per heavy atom. The van der Waals surface area contributed by atoms with E-state index in [1.54, 1.807) is 6.07 Å². The highest BCUT2D eigenvalue weighted by molar-refractivity contribution is 9.10. The maximum atomic E-state index is 11.8. The zero-order valence-corrected chi connectivity index (χ0v) is 11.2. The lowest BCUT2D eigenvalue weighted by molar-refractivity contribution is 0.0309. The number of furan rings is 1. The highest BCUT2D eigenvalue weighted by Crippen LogP contribution is 2.19. The summed E-state index contributed by atoms with van der Waals surface area (Å²) in [7, 11) is 0. The number of ether oxygens (including phenoxy) is 1. The Labute approximate surface area is 109 Å². The fourth-order valence-electron chi connectivity index (χ4n) is 1.89. The molecule has 0 aliphatic carbocycles. The minimum atomic E-state index is -0.0178. The summed E-state index contributed by atoms with van der Waals surface area (Å²) >= 11 is 3.27. The highest BCUT2D eigenvalue weighted by Gasteiger charge is 2.16. The van der Waals surface area contributed by atoms with Crippen molar-refractivity contribution in [3.8, 4) is 0 Å². The standard InChI is InChI=1S/C12H16BrNO3/c13-10-3-7-17-12(10)11(15)4-8-16-9-1-5-14-6-2-9/h3,7,9,14H,1-2,4-6,8H2. The van der Waals surface area contributed by atoms with Crippen molar-refractivity contribution in [3.05, 3.63) is 22.6 Å². The Kier molecular flexibility index (Phi) is 4.76. The third-order valence-corrected chi connectivity index (χ3v) is 3.46. The molecule has 0 saturated carbocycles. The van der Waals surface area contributed by atoms with Gasteiger partial charge in [0.25, 0.3) is 0 Å². The second kappa shape index (κ2) is 6.33. The van der Waals surface area contributed by atoms with Gasteiger partial charge >= 0.3 is 0 Å². The summed E-state index contributed by atoms with van der Waals surface area (Å²) in [6, 6.07) is 1.72. The third kappa shape index (κ3) is 3.66. The minimum absolute atomic E-state index is 0.0178. The largest absolute Gasteiger partial charge is 0.460 e. The lowest BCUT2D eigenvalue weighted by atomic mass is 10.1. The van der Waals surface area contributed by atoms with E-state index < -0.39 is 0 Å².